The summed E-state index contributed by atoms with van der Waals surface area (Å²) in [5, 5.41) is 2.87. The van der Waals surface area contributed by atoms with Gasteiger partial charge in [0.15, 0.2) is 0 Å². The molecule has 136 valence electrons. The number of nitrogens with one attached hydrogen (secondary N) is 1. The van der Waals surface area contributed by atoms with E-state index in [1.54, 1.807) is 24.3 Å². The zero-order chi connectivity index (χ0) is 18.4. The van der Waals surface area contributed by atoms with Crippen LogP contribution in [0.2, 0.25) is 0 Å². The number of hydrogen-bond donors (Lipinski definition) is 1. The summed E-state index contributed by atoms with van der Waals surface area (Å²) in [5.74, 6) is 0.613. The maximum Gasteiger partial charge on any atom is 0.232 e. The third-order valence-corrected chi connectivity index (χ3v) is 4.31. The minimum Gasteiger partial charge on any atom is -0.494 e. The topological polar surface area (TPSA) is 75.7 Å². The Morgan fingerprint density at radius 1 is 1.21 bits per heavy atom. The lowest BCUT2D eigenvalue weighted by Gasteiger charge is -2.24. The van der Waals surface area contributed by atoms with Gasteiger partial charge in [-0.25, -0.2) is 8.42 Å². The van der Waals surface area contributed by atoms with E-state index in [9.17, 15) is 13.2 Å². The number of carbonyl (C=O) groups excluding carboxylic acids is 1. The summed E-state index contributed by atoms with van der Waals surface area (Å²) in [6.07, 6.45) is 1.89. The van der Waals surface area contributed by atoms with Gasteiger partial charge in [-0.3, -0.25) is 9.10 Å². The number of nitrogens with zero attached hydrogens (tertiary/aromatic N) is 1. The van der Waals surface area contributed by atoms with Crippen LogP contribution in [0.25, 0.3) is 0 Å². The highest BCUT2D eigenvalue weighted by Crippen LogP contribution is 2.22. The lowest BCUT2D eigenvalue weighted by molar-refractivity contribution is -0.122. The maximum absolute atomic E-state index is 12.0. The molecule has 0 saturated carbocycles. The van der Waals surface area contributed by atoms with E-state index >= 15 is 0 Å². The minimum atomic E-state index is -3.42. The van der Waals surface area contributed by atoms with Crippen LogP contribution < -0.4 is 14.4 Å². The number of hydrogen-bond acceptors (Lipinski definition) is 4. The van der Waals surface area contributed by atoms with Crippen LogP contribution in [0.4, 0.5) is 5.69 Å². The molecular weight excluding hydrogens is 328 g/mol. The van der Waals surface area contributed by atoms with Gasteiger partial charge in [0.05, 0.1) is 18.6 Å². The smallest absolute Gasteiger partial charge is 0.232 e. The molecule has 24 heavy (non-hydrogen) atoms. The number of benzene rings is 1. The highest BCUT2D eigenvalue weighted by atomic mass is 32.2. The Hall–Kier alpha value is -1.76. The first-order valence-corrected chi connectivity index (χ1v) is 9.89. The van der Waals surface area contributed by atoms with E-state index in [1.807, 2.05) is 27.7 Å². The predicted molar refractivity (Wildman–Crippen MR) is 96.9 cm³/mol. The molecule has 0 bridgehead atoms. The molecule has 0 radical (unpaired) electrons. The number of carbonyl (C=O) groups is 1. The first kappa shape index (κ1) is 20.3. The Labute approximate surface area is 145 Å². The Morgan fingerprint density at radius 3 is 2.25 bits per heavy atom. The van der Waals surface area contributed by atoms with Gasteiger partial charge in [0, 0.05) is 18.5 Å². The van der Waals surface area contributed by atoms with Crippen LogP contribution >= 0.6 is 0 Å². The number of sulfonamides is 1. The highest BCUT2D eigenvalue weighted by Gasteiger charge is 2.19. The fraction of sp³-hybridized carbons (Fsp3) is 0.588. The van der Waals surface area contributed by atoms with Gasteiger partial charge in [0.2, 0.25) is 15.9 Å². The van der Waals surface area contributed by atoms with Gasteiger partial charge in [-0.15, -0.1) is 0 Å². The van der Waals surface area contributed by atoms with Crippen molar-refractivity contribution in [3.63, 3.8) is 0 Å². The summed E-state index contributed by atoms with van der Waals surface area (Å²) in [5.41, 5.74) is 0.278. The number of rotatable bonds is 8. The third kappa shape index (κ3) is 7.21. The Bertz CT molecular complexity index is 634. The van der Waals surface area contributed by atoms with Gasteiger partial charge in [-0.05, 0) is 58.4 Å². The van der Waals surface area contributed by atoms with Crippen molar-refractivity contribution in [2.75, 3.05) is 23.7 Å². The summed E-state index contributed by atoms with van der Waals surface area (Å²) in [4.78, 5) is 11.8. The molecule has 0 aliphatic rings. The fourth-order valence-electron chi connectivity index (χ4n) is 2.23. The zero-order valence-corrected chi connectivity index (χ0v) is 15.9. The SMILES string of the molecule is CCOc1ccc(N(CCCC(=O)NC(C)(C)C)S(C)(=O)=O)cc1. The van der Waals surface area contributed by atoms with Crippen molar-refractivity contribution in [3.8, 4) is 5.75 Å². The highest BCUT2D eigenvalue weighted by molar-refractivity contribution is 7.92. The van der Waals surface area contributed by atoms with Crippen LogP contribution in [0, 0.1) is 0 Å². The van der Waals surface area contributed by atoms with Crippen molar-refractivity contribution in [2.24, 2.45) is 0 Å². The molecule has 1 aromatic carbocycles. The quantitative estimate of drug-likeness (QED) is 0.777. The lowest BCUT2D eigenvalue weighted by atomic mass is 10.1. The number of anilines is 1. The Morgan fingerprint density at radius 2 is 1.79 bits per heavy atom. The van der Waals surface area contributed by atoms with Crippen molar-refractivity contribution < 1.29 is 17.9 Å². The number of amides is 1. The van der Waals surface area contributed by atoms with Crippen molar-refractivity contribution >= 4 is 21.6 Å². The average molecular weight is 356 g/mol. The van der Waals surface area contributed by atoms with E-state index in [0.717, 1.165) is 0 Å². The van der Waals surface area contributed by atoms with Gasteiger partial charge >= 0.3 is 0 Å². The van der Waals surface area contributed by atoms with E-state index in [0.29, 0.717) is 24.5 Å². The van der Waals surface area contributed by atoms with Gasteiger partial charge in [-0.1, -0.05) is 0 Å². The normalized spacial score (nSPS) is 11.9. The van der Waals surface area contributed by atoms with Gasteiger partial charge in [0.25, 0.3) is 0 Å². The van der Waals surface area contributed by atoms with Crippen molar-refractivity contribution in [2.45, 2.75) is 46.1 Å². The van der Waals surface area contributed by atoms with E-state index in [4.69, 9.17) is 4.74 Å². The van der Waals surface area contributed by atoms with Crippen molar-refractivity contribution in [1.82, 2.24) is 5.32 Å². The van der Waals surface area contributed by atoms with Crippen molar-refractivity contribution in [3.05, 3.63) is 24.3 Å². The molecule has 0 aliphatic carbocycles. The summed E-state index contributed by atoms with van der Waals surface area (Å²) in [6.45, 7) is 8.43. The summed E-state index contributed by atoms with van der Waals surface area (Å²) in [6, 6.07) is 6.90. The third-order valence-electron chi connectivity index (χ3n) is 3.12. The molecule has 0 spiro atoms. The maximum atomic E-state index is 12.0. The number of ether oxygens (including phenoxy) is 1. The minimum absolute atomic E-state index is 0.0809. The second kappa shape index (κ2) is 8.37. The van der Waals surface area contributed by atoms with Gasteiger partial charge in [-0.2, -0.15) is 0 Å². The van der Waals surface area contributed by atoms with E-state index in [2.05, 4.69) is 5.32 Å². The average Bonchev–Trinajstić information content (AvgIpc) is 2.42. The van der Waals surface area contributed by atoms with Crippen LogP contribution in [0.3, 0.4) is 0 Å². The first-order valence-electron chi connectivity index (χ1n) is 8.04. The van der Waals surface area contributed by atoms with Crippen LogP contribution in [0.15, 0.2) is 24.3 Å². The molecule has 0 atom stereocenters. The molecule has 0 aliphatic heterocycles. The zero-order valence-electron chi connectivity index (χ0n) is 15.1. The molecule has 0 fully saturated rings. The first-order chi connectivity index (χ1) is 11.0. The second-order valence-electron chi connectivity index (χ2n) is 6.66. The van der Waals surface area contributed by atoms with Gasteiger partial charge in [0.1, 0.15) is 5.75 Å². The largest absolute Gasteiger partial charge is 0.494 e. The monoisotopic (exact) mass is 356 g/mol. The Kier molecular flexibility index (Phi) is 7.08. The predicted octanol–water partition coefficient (Wildman–Crippen LogP) is 2.55. The van der Waals surface area contributed by atoms with E-state index in [-0.39, 0.29) is 24.4 Å². The molecule has 7 heteroatoms. The molecule has 1 amide bonds. The molecule has 0 heterocycles. The van der Waals surface area contributed by atoms with E-state index < -0.39 is 10.0 Å². The standard InChI is InChI=1S/C17H28N2O4S/c1-6-23-15-11-9-14(10-12-15)19(24(5,21)22)13-7-8-16(20)18-17(2,3)4/h9-12H,6-8,13H2,1-5H3,(H,18,20). The second-order valence-corrected chi connectivity index (χ2v) is 8.57. The molecule has 0 aromatic heterocycles. The van der Waals surface area contributed by atoms with Crippen LogP contribution in [-0.4, -0.2) is 39.3 Å². The molecular formula is C17H28N2O4S. The lowest BCUT2D eigenvalue weighted by Crippen LogP contribution is -2.41. The van der Waals surface area contributed by atoms with Crippen LogP contribution in [0.5, 0.6) is 5.75 Å². The van der Waals surface area contributed by atoms with E-state index in [1.165, 1.54) is 10.6 Å². The molecule has 6 nitrogen and oxygen atoms in total. The fourth-order valence-corrected chi connectivity index (χ4v) is 3.19. The molecule has 1 rings (SSSR count). The summed E-state index contributed by atoms with van der Waals surface area (Å²) < 4.78 is 30.8. The molecule has 0 unspecified atom stereocenters. The van der Waals surface area contributed by atoms with Crippen molar-refractivity contribution in [1.29, 1.82) is 0 Å². The molecule has 1 N–H and O–H groups in total. The summed E-state index contributed by atoms with van der Waals surface area (Å²) in [7, 11) is -3.42. The van der Waals surface area contributed by atoms with Crippen LogP contribution in [0.1, 0.15) is 40.5 Å². The summed E-state index contributed by atoms with van der Waals surface area (Å²) >= 11 is 0. The Balaban J connectivity index is 2.72. The molecule has 0 saturated heterocycles. The van der Waals surface area contributed by atoms with Gasteiger partial charge < -0.3 is 10.1 Å². The molecule has 1 aromatic rings. The van der Waals surface area contributed by atoms with Crippen LogP contribution in [-0.2, 0) is 14.8 Å².